The van der Waals surface area contributed by atoms with Gasteiger partial charge in [0, 0.05) is 31.6 Å². The first-order chi connectivity index (χ1) is 14.1. The molecule has 0 aliphatic heterocycles. The van der Waals surface area contributed by atoms with Gasteiger partial charge in [0.2, 0.25) is 0 Å². The van der Waals surface area contributed by atoms with Gasteiger partial charge in [0.1, 0.15) is 6.07 Å². The van der Waals surface area contributed by atoms with E-state index in [4.69, 9.17) is 0 Å². The first kappa shape index (κ1) is 18.9. The number of hydrogen-bond acceptors (Lipinski definition) is 5. The summed E-state index contributed by atoms with van der Waals surface area (Å²) in [5.74, 6) is 0.783. The van der Waals surface area contributed by atoms with Crippen LogP contribution < -0.4 is 5.32 Å². The smallest absolute Gasteiger partial charge is 0.253 e. The van der Waals surface area contributed by atoms with Crippen molar-refractivity contribution >= 4 is 22.5 Å². The minimum absolute atomic E-state index is 0.0340. The lowest BCUT2D eigenvalue weighted by Gasteiger charge is -2.13. The number of carbonyl (C=O) groups is 1. The van der Waals surface area contributed by atoms with Gasteiger partial charge in [0.15, 0.2) is 5.69 Å². The van der Waals surface area contributed by atoms with Crippen LogP contribution in [0.2, 0.25) is 0 Å². The van der Waals surface area contributed by atoms with E-state index >= 15 is 0 Å². The van der Waals surface area contributed by atoms with Crippen LogP contribution in [-0.2, 0) is 0 Å². The van der Waals surface area contributed by atoms with Gasteiger partial charge in [-0.1, -0.05) is 31.0 Å². The average molecular weight is 385 g/mol. The van der Waals surface area contributed by atoms with Crippen molar-refractivity contribution in [2.24, 2.45) is 5.92 Å². The molecule has 1 aliphatic rings. The molecule has 2 aromatic carbocycles. The number of nitrogens with zero attached hydrogens (tertiary/aromatic N) is 4. The minimum Gasteiger partial charge on any atom is -0.382 e. The van der Waals surface area contributed by atoms with E-state index in [1.54, 1.807) is 19.0 Å². The summed E-state index contributed by atoms with van der Waals surface area (Å²) in [4.78, 5) is 13.8. The molecular weight excluding hydrogens is 362 g/mol. The molecule has 1 aliphatic carbocycles. The van der Waals surface area contributed by atoms with Crippen molar-refractivity contribution in [2.45, 2.75) is 19.3 Å². The third kappa shape index (κ3) is 4.04. The molecule has 0 unspecified atom stereocenters. The Morgan fingerprint density at radius 3 is 2.69 bits per heavy atom. The highest BCUT2D eigenvalue weighted by Crippen LogP contribution is 2.33. The van der Waals surface area contributed by atoms with Crippen molar-refractivity contribution < 1.29 is 4.79 Å². The lowest BCUT2D eigenvalue weighted by atomic mass is 10.0. The zero-order chi connectivity index (χ0) is 20.4. The van der Waals surface area contributed by atoms with Gasteiger partial charge < -0.3 is 10.2 Å². The van der Waals surface area contributed by atoms with Gasteiger partial charge in [-0.05, 0) is 47.7 Å². The van der Waals surface area contributed by atoms with Gasteiger partial charge in [-0.25, -0.2) is 0 Å². The molecule has 1 fully saturated rings. The fraction of sp³-hybridized carbons (Fsp3) is 0.304. The topological polar surface area (TPSA) is 81.9 Å². The number of benzene rings is 2. The molecule has 6 nitrogen and oxygen atoms in total. The molecule has 6 heteroatoms. The van der Waals surface area contributed by atoms with Gasteiger partial charge >= 0.3 is 0 Å². The van der Waals surface area contributed by atoms with Crippen molar-refractivity contribution in [3.05, 3.63) is 53.7 Å². The molecule has 0 atom stereocenters. The van der Waals surface area contributed by atoms with E-state index in [0.29, 0.717) is 11.3 Å². The second-order valence-corrected chi connectivity index (χ2v) is 7.71. The summed E-state index contributed by atoms with van der Waals surface area (Å²) in [6.45, 7) is 0.830. The molecule has 146 valence electrons. The molecule has 1 heterocycles. The van der Waals surface area contributed by atoms with Crippen molar-refractivity contribution in [3.8, 4) is 17.2 Å². The predicted octanol–water partition coefficient (Wildman–Crippen LogP) is 4.08. The SMILES string of the molecule is CN(C)C(=O)c1cccc(-c2ccc3c(NCCC4CC4)c(C#N)nnc3c2)c1. The zero-order valence-electron chi connectivity index (χ0n) is 16.6. The molecule has 3 aromatic rings. The van der Waals surface area contributed by atoms with Gasteiger partial charge in [-0.2, -0.15) is 5.26 Å². The molecule has 1 amide bonds. The van der Waals surface area contributed by atoms with Crippen LogP contribution in [0.1, 0.15) is 35.3 Å². The third-order valence-corrected chi connectivity index (χ3v) is 5.27. The van der Waals surface area contributed by atoms with Crippen molar-refractivity contribution in [3.63, 3.8) is 0 Å². The number of anilines is 1. The summed E-state index contributed by atoms with van der Waals surface area (Å²) >= 11 is 0. The fourth-order valence-electron chi connectivity index (χ4n) is 3.44. The van der Waals surface area contributed by atoms with Crippen molar-refractivity contribution in [2.75, 3.05) is 26.0 Å². The van der Waals surface area contributed by atoms with E-state index in [-0.39, 0.29) is 5.91 Å². The third-order valence-electron chi connectivity index (χ3n) is 5.27. The maximum Gasteiger partial charge on any atom is 0.253 e. The molecule has 0 spiro atoms. The molecule has 1 N–H and O–H groups in total. The summed E-state index contributed by atoms with van der Waals surface area (Å²) in [5, 5.41) is 22.1. The van der Waals surface area contributed by atoms with Crippen LogP contribution in [0.15, 0.2) is 42.5 Å². The normalized spacial score (nSPS) is 13.1. The molecule has 4 rings (SSSR count). The number of rotatable bonds is 6. The van der Waals surface area contributed by atoms with Crippen LogP contribution in [0.3, 0.4) is 0 Å². The highest BCUT2D eigenvalue weighted by atomic mass is 16.2. The van der Waals surface area contributed by atoms with E-state index in [1.165, 1.54) is 12.8 Å². The van der Waals surface area contributed by atoms with Crippen LogP contribution >= 0.6 is 0 Å². The molecule has 0 saturated heterocycles. The Hall–Kier alpha value is -3.46. The largest absolute Gasteiger partial charge is 0.382 e. The van der Waals surface area contributed by atoms with Crippen molar-refractivity contribution in [1.29, 1.82) is 5.26 Å². The molecule has 1 aromatic heterocycles. The molecule has 0 radical (unpaired) electrons. The van der Waals surface area contributed by atoms with Gasteiger partial charge in [0.05, 0.1) is 11.2 Å². The molecule has 29 heavy (non-hydrogen) atoms. The van der Waals surface area contributed by atoms with E-state index in [1.807, 2.05) is 42.5 Å². The van der Waals surface area contributed by atoms with E-state index in [2.05, 4.69) is 21.6 Å². The number of nitriles is 1. The van der Waals surface area contributed by atoms with Crippen molar-refractivity contribution in [1.82, 2.24) is 15.1 Å². The number of aromatic nitrogens is 2. The molecule has 1 saturated carbocycles. The summed E-state index contributed by atoms with van der Waals surface area (Å²) in [6.07, 6.45) is 3.72. The number of nitrogens with one attached hydrogen (secondary N) is 1. The van der Waals surface area contributed by atoms with Crippen LogP contribution in [0, 0.1) is 17.2 Å². The highest BCUT2D eigenvalue weighted by molar-refractivity contribution is 5.97. The summed E-state index contributed by atoms with van der Waals surface area (Å²) in [6, 6.07) is 15.6. The molecule has 0 bridgehead atoms. The fourth-order valence-corrected chi connectivity index (χ4v) is 3.44. The number of amides is 1. The first-order valence-electron chi connectivity index (χ1n) is 9.83. The Balaban J connectivity index is 1.68. The Labute approximate surface area is 170 Å². The number of hydrogen-bond donors (Lipinski definition) is 1. The monoisotopic (exact) mass is 385 g/mol. The standard InChI is InChI=1S/C23H23N5O/c1-28(2)23(29)18-5-3-4-16(12-18)17-8-9-19-20(13-17)26-27-21(14-24)22(19)25-11-10-15-6-7-15/h3-5,8-9,12-13,15H,6-7,10-11H2,1-2H3,(H,25,26). The molecular formula is C23H23N5O. The Kier molecular flexibility index (Phi) is 5.13. The lowest BCUT2D eigenvalue weighted by molar-refractivity contribution is 0.0827. The Morgan fingerprint density at radius 2 is 1.97 bits per heavy atom. The van der Waals surface area contributed by atoms with E-state index in [0.717, 1.165) is 46.6 Å². The number of carbonyl (C=O) groups excluding carboxylic acids is 1. The van der Waals surface area contributed by atoms with Gasteiger partial charge in [-0.3, -0.25) is 4.79 Å². The number of fused-ring (bicyclic) bond motifs is 1. The van der Waals surface area contributed by atoms with Crippen LogP contribution in [-0.4, -0.2) is 41.6 Å². The summed E-state index contributed by atoms with van der Waals surface area (Å²) in [5.41, 5.74) is 4.32. The highest BCUT2D eigenvalue weighted by Gasteiger charge is 2.21. The summed E-state index contributed by atoms with van der Waals surface area (Å²) < 4.78 is 0. The lowest BCUT2D eigenvalue weighted by Crippen LogP contribution is -2.21. The second-order valence-electron chi connectivity index (χ2n) is 7.71. The summed E-state index contributed by atoms with van der Waals surface area (Å²) in [7, 11) is 3.48. The van der Waals surface area contributed by atoms with Gasteiger partial charge in [0.25, 0.3) is 5.91 Å². The van der Waals surface area contributed by atoms with E-state index < -0.39 is 0 Å². The average Bonchev–Trinajstić information content (AvgIpc) is 3.57. The van der Waals surface area contributed by atoms with Crippen LogP contribution in [0.4, 0.5) is 5.69 Å². The maximum absolute atomic E-state index is 12.3. The predicted molar refractivity (Wildman–Crippen MR) is 114 cm³/mol. The Bertz CT molecular complexity index is 1110. The quantitative estimate of drug-likeness (QED) is 0.691. The zero-order valence-corrected chi connectivity index (χ0v) is 16.6. The first-order valence-corrected chi connectivity index (χ1v) is 9.83. The second kappa shape index (κ2) is 7.88. The van der Waals surface area contributed by atoms with Gasteiger partial charge in [-0.15, -0.1) is 10.2 Å². The van der Waals surface area contributed by atoms with Crippen LogP contribution in [0.25, 0.3) is 22.0 Å². The van der Waals surface area contributed by atoms with E-state index in [9.17, 15) is 10.1 Å². The van der Waals surface area contributed by atoms with Crippen LogP contribution in [0.5, 0.6) is 0 Å². The Morgan fingerprint density at radius 1 is 1.17 bits per heavy atom. The minimum atomic E-state index is -0.0340. The maximum atomic E-state index is 12.3.